The fourth-order valence-corrected chi connectivity index (χ4v) is 0.470. The van der Waals surface area contributed by atoms with Crippen molar-refractivity contribution in [3.05, 3.63) is 48.1 Å². The Bertz CT molecular complexity index is 146. The minimum absolute atomic E-state index is 1.48. The summed E-state index contributed by atoms with van der Waals surface area (Å²) in [5, 5.41) is 1.67. The van der Waals surface area contributed by atoms with Crippen molar-refractivity contribution in [2.45, 2.75) is 0 Å². The van der Waals surface area contributed by atoms with Crippen LogP contribution in [0.1, 0.15) is 0 Å². The third-order valence-electron chi connectivity index (χ3n) is 0.753. The second-order valence-electron chi connectivity index (χ2n) is 1.50. The van der Waals surface area contributed by atoms with Crippen molar-refractivity contribution in [1.82, 2.24) is 0 Å². The molecule has 1 nitrogen and oxygen atoms in total. The summed E-state index contributed by atoms with van der Waals surface area (Å²) in [7, 11) is 0. The van der Waals surface area contributed by atoms with E-state index in [9.17, 15) is 0 Å². The zero-order valence-corrected chi connectivity index (χ0v) is 6.54. The Hall–Kier alpha value is -0.890. The van der Waals surface area contributed by atoms with E-state index in [-0.39, 0.29) is 0 Å². The van der Waals surface area contributed by atoms with E-state index in [1.54, 1.807) is 11.5 Å². The number of allylic oxidation sites excluding steroid dienone is 6. The molecule has 0 aliphatic carbocycles. The molecule has 2 N–H and O–H groups in total. The van der Waals surface area contributed by atoms with E-state index in [1.165, 1.54) is 6.20 Å². The first kappa shape index (κ1) is 9.11. The first-order valence-corrected chi connectivity index (χ1v) is 3.44. The van der Waals surface area contributed by atoms with Crippen LogP contribution in [0.25, 0.3) is 0 Å². The first-order valence-electron chi connectivity index (χ1n) is 2.92. The van der Waals surface area contributed by atoms with Crippen LogP contribution in [0.4, 0.5) is 0 Å². The summed E-state index contributed by atoms with van der Waals surface area (Å²) in [6.45, 7) is 0. The van der Waals surface area contributed by atoms with Gasteiger partial charge in [0.25, 0.3) is 0 Å². The van der Waals surface area contributed by atoms with E-state index < -0.39 is 0 Å². The van der Waals surface area contributed by atoms with Gasteiger partial charge in [0.05, 0.1) is 0 Å². The molecule has 0 unspecified atom stereocenters. The molecule has 0 rings (SSSR count). The topological polar surface area (TPSA) is 26.0 Å². The Labute approximate surface area is 67.0 Å². The van der Waals surface area contributed by atoms with Gasteiger partial charge in [-0.3, -0.25) is 0 Å². The molecule has 0 aromatic heterocycles. The molecule has 0 atom stereocenters. The highest BCUT2D eigenvalue weighted by molar-refractivity contribution is 7.83. The lowest BCUT2D eigenvalue weighted by Gasteiger charge is -1.71. The van der Waals surface area contributed by atoms with E-state index in [0.717, 1.165) is 0 Å². The average molecular weight is 153 g/mol. The van der Waals surface area contributed by atoms with Crippen LogP contribution in [0.15, 0.2) is 48.1 Å². The van der Waals surface area contributed by atoms with Crippen LogP contribution in [0.3, 0.4) is 0 Å². The fourth-order valence-electron chi connectivity index (χ4n) is 0.370. The summed E-state index contributed by atoms with van der Waals surface area (Å²) >= 11 is 3.87. The molecule has 0 aliphatic rings. The van der Waals surface area contributed by atoms with Crippen LogP contribution in [-0.4, -0.2) is 0 Å². The van der Waals surface area contributed by atoms with Crippen LogP contribution in [0.5, 0.6) is 0 Å². The van der Waals surface area contributed by atoms with Gasteiger partial charge in [-0.1, -0.05) is 30.4 Å². The highest BCUT2D eigenvalue weighted by atomic mass is 32.1. The molecule has 0 amide bonds. The number of hydrogen-bond donors (Lipinski definition) is 2. The van der Waals surface area contributed by atoms with Crippen LogP contribution < -0.4 is 5.73 Å². The summed E-state index contributed by atoms with van der Waals surface area (Å²) in [6.07, 6.45) is 12.6. The van der Waals surface area contributed by atoms with Gasteiger partial charge in [0, 0.05) is 0 Å². The van der Waals surface area contributed by atoms with Gasteiger partial charge in [-0.25, -0.2) is 0 Å². The first-order chi connectivity index (χ1) is 4.91. The van der Waals surface area contributed by atoms with Crippen molar-refractivity contribution in [2.75, 3.05) is 0 Å². The van der Waals surface area contributed by atoms with E-state index in [4.69, 9.17) is 5.73 Å². The summed E-state index contributed by atoms with van der Waals surface area (Å²) < 4.78 is 0. The molecule has 0 heterocycles. The van der Waals surface area contributed by atoms with Crippen molar-refractivity contribution < 1.29 is 0 Å². The Morgan fingerprint density at radius 3 is 1.80 bits per heavy atom. The van der Waals surface area contributed by atoms with E-state index in [0.29, 0.717) is 0 Å². The predicted octanol–water partition coefficient (Wildman–Crippen LogP) is 2.01. The summed E-state index contributed by atoms with van der Waals surface area (Å²) in [4.78, 5) is 0. The predicted molar refractivity (Wildman–Crippen MR) is 49.7 cm³/mol. The van der Waals surface area contributed by atoms with Gasteiger partial charge in [0.1, 0.15) is 0 Å². The van der Waals surface area contributed by atoms with E-state index in [1.807, 2.05) is 30.4 Å². The van der Waals surface area contributed by atoms with Gasteiger partial charge in [0.2, 0.25) is 0 Å². The lowest BCUT2D eigenvalue weighted by molar-refractivity contribution is 1.60. The molecule has 0 spiro atoms. The SMILES string of the molecule is N/C=C/C=C/C=C/C=C/S. The molecular weight excluding hydrogens is 142 g/mol. The molecule has 0 bridgehead atoms. The highest BCUT2D eigenvalue weighted by Crippen LogP contribution is 1.82. The summed E-state index contributed by atoms with van der Waals surface area (Å²) in [5.41, 5.74) is 5.09. The van der Waals surface area contributed by atoms with Crippen molar-refractivity contribution in [3.8, 4) is 0 Å². The highest BCUT2D eigenvalue weighted by Gasteiger charge is 1.59. The minimum atomic E-state index is 1.48. The van der Waals surface area contributed by atoms with Crippen molar-refractivity contribution in [2.24, 2.45) is 5.73 Å². The van der Waals surface area contributed by atoms with Gasteiger partial charge in [-0.15, -0.1) is 0 Å². The van der Waals surface area contributed by atoms with Crippen molar-refractivity contribution in [3.63, 3.8) is 0 Å². The maximum absolute atomic E-state index is 5.09. The molecular formula is C8H11NS. The molecule has 0 aromatic carbocycles. The van der Waals surface area contributed by atoms with Crippen LogP contribution >= 0.6 is 12.6 Å². The van der Waals surface area contributed by atoms with Crippen molar-refractivity contribution in [1.29, 1.82) is 0 Å². The number of thiol groups is 1. The normalized spacial score (nSPS) is 13.3. The Morgan fingerprint density at radius 1 is 0.800 bits per heavy atom. The monoisotopic (exact) mass is 153 g/mol. The molecule has 10 heavy (non-hydrogen) atoms. The van der Waals surface area contributed by atoms with Gasteiger partial charge in [-0.05, 0) is 17.7 Å². The van der Waals surface area contributed by atoms with Crippen molar-refractivity contribution >= 4 is 12.6 Å². The zero-order chi connectivity index (χ0) is 7.66. The Morgan fingerprint density at radius 2 is 1.30 bits per heavy atom. The molecule has 0 saturated heterocycles. The molecule has 54 valence electrons. The van der Waals surface area contributed by atoms with Crippen LogP contribution in [0, 0.1) is 0 Å². The quantitative estimate of drug-likeness (QED) is 0.471. The van der Waals surface area contributed by atoms with E-state index in [2.05, 4.69) is 12.6 Å². The Balaban J connectivity index is 3.51. The minimum Gasteiger partial charge on any atom is -0.405 e. The van der Waals surface area contributed by atoms with E-state index >= 15 is 0 Å². The molecule has 0 radical (unpaired) electrons. The standard InChI is InChI=1S/C8H11NS/c9-7-5-3-1-2-4-6-8-10/h1-8,10H,9H2/b3-1+,4-2+,7-5+,8-6+. The number of hydrogen-bond acceptors (Lipinski definition) is 2. The third-order valence-corrected chi connectivity index (χ3v) is 0.925. The van der Waals surface area contributed by atoms with Crippen LogP contribution in [0.2, 0.25) is 0 Å². The van der Waals surface area contributed by atoms with Gasteiger partial charge in [0.15, 0.2) is 0 Å². The number of rotatable bonds is 3. The van der Waals surface area contributed by atoms with Gasteiger partial charge in [-0.2, -0.15) is 12.6 Å². The largest absolute Gasteiger partial charge is 0.405 e. The second-order valence-corrected chi connectivity index (χ2v) is 1.79. The third kappa shape index (κ3) is 7.11. The maximum atomic E-state index is 5.09. The average Bonchev–Trinajstić information content (AvgIpc) is 1.97. The maximum Gasteiger partial charge on any atom is -0.00624 e. The molecule has 0 aromatic rings. The number of nitrogens with two attached hydrogens (primary N) is 1. The molecule has 0 saturated carbocycles. The zero-order valence-electron chi connectivity index (χ0n) is 5.64. The second kappa shape index (κ2) is 8.11. The lowest BCUT2D eigenvalue weighted by atomic mass is 10.4. The van der Waals surface area contributed by atoms with Gasteiger partial charge < -0.3 is 5.73 Å². The summed E-state index contributed by atoms with van der Waals surface area (Å²) in [6, 6.07) is 0. The Kier molecular flexibility index (Phi) is 7.39. The molecule has 0 fully saturated rings. The molecule has 2 heteroatoms. The fraction of sp³-hybridized carbons (Fsp3) is 0. The summed E-state index contributed by atoms with van der Waals surface area (Å²) in [5.74, 6) is 0. The smallest absolute Gasteiger partial charge is 0.00624 e. The lowest BCUT2D eigenvalue weighted by Crippen LogP contribution is -1.71. The van der Waals surface area contributed by atoms with Crippen LogP contribution in [-0.2, 0) is 0 Å². The molecule has 0 aliphatic heterocycles. The van der Waals surface area contributed by atoms with Gasteiger partial charge >= 0.3 is 0 Å².